The summed E-state index contributed by atoms with van der Waals surface area (Å²) in [4.78, 5) is 0. The maximum absolute atomic E-state index is 4.27. The molecule has 1 heterocycles. The molecule has 0 radical (unpaired) electrons. The first-order valence-electron chi connectivity index (χ1n) is 5.13. The molecule has 0 aliphatic rings. The normalized spacial score (nSPS) is 10.3. The Hall–Kier alpha value is -1.57. The van der Waals surface area contributed by atoms with E-state index in [0.29, 0.717) is 0 Å². The molecule has 1 aromatic rings. The second kappa shape index (κ2) is 6.82. The van der Waals surface area contributed by atoms with Crippen LogP contribution in [0.5, 0.6) is 0 Å². The Balaban J connectivity index is 0.000000921. The fraction of sp³-hybridized carbons (Fsp3) is 0.308. The van der Waals surface area contributed by atoms with Gasteiger partial charge < -0.3 is 0 Å². The fourth-order valence-corrected chi connectivity index (χ4v) is 1.07. The minimum atomic E-state index is 0.931. The van der Waals surface area contributed by atoms with Gasteiger partial charge in [0.2, 0.25) is 0 Å². The van der Waals surface area contributed by atoms with Gasteiger partial charge in [0.1, 0.15) is 0 Å². The first-order valence-corrected chi connectivity index (χ1v) is 5.13. The van der Waals surface area contributed by atoms with Crippen molar-refractivity contribution in [1.29, 1.82) is 0 Å². The summed E-state index contributed by atoms with van der Waals surface area (Å²) in [6.45, 7) is 13.5. The molecule has 0 saturated carbocycles. The van der Waals surface area contributed by atoms with E-state index in [-0.39, 0.29) is 0 Å². The van der Waals surface area contributed by atoms with Crippen LogP contribution in [-0.4, -0.2) is 9.78 Å². The highest BCUT2D eigenvalue weighted by Gasteiger charge is 1.99. The van der Waals surface area contributed by atoms with Crippen molar-refractivity contribution in [2.75, 3.05) is 0 Å². The smallest absolute Gasteiger partial charge is 0.0922 e. The molecule has 0 aliphatic carbocycles. The first kappa shape index (κ1) is 13.4. The zero-order valence-electron chi connectivity index (χ0n) is 10.1. The molecular formula is C13H20N2. The molecular weight excluding hydrogens is 184 g/mol. The van der Waals surface area contributed by atoms with Crippen molar-refractivity contribution < 1.29 is 0 Å². The second-order valence-electron chi connectivity index (χ2n) is 3.02. The Bertz CT molecular complexity index is 356. The largest absolute Gasteiger partial charge is 0.275 e. The topological polar surface area (TPSA) is 17.8 Å². The van der Waals surface area contributed by atoms with Crippen molar-refractivity contribution in [3.63, 3.8) is 0 Å². The van der Waals surface area contributed by atoms with Gasteiger partial charge in [-0.2, -0.15) is 5.10 Å². The number of hydrogen-bond donors (Lipinski definition) is 0. The van der Waals surface area contributed by atoms with Crippen LogP contribution in [0.25, 0.3) is 5.57 Å². The van der Waals surface area contributed by atoms with Crippen LogP contribution < -0.4 is 0 Å². The highest BCUT2D eigenvalue weighted by Crippen LogP contribution is 2.14. The third kappa shape index (κ3) is 4.45. The van der Waals surface area contributed by atoms with Crippen LogP contribution in [0.1, 0.15) is 26.5 Å². The molecule has 0 saturated heterocycles. The van der Waals surface area contributed by atoms with Gasteiger partial charge in [0.15, 0.2) is 0 Å². The van der Waals surface area contributed by atoms with Crippen molar-refractivity contribution in [3.05, 3.63) is 48.8 Å². The SMILES string of the molecule is C=C/C(=C\C(=C)C)c1ccn(C)n1.CC. The van der Waals surface area contributed by atoms with Crippen LogP contribution in [0.15, 0.2) is 43.1 Å². The van der Waals surface area contributed by atoms with E-state index in [4.69, 9.17) is 0 Å². The van der Waals surface area contributed by atoms with Gasteiger partial charge in [0.05, 0.1) is 5.69 Å². The first-order chi connectivity index (χ1) is 7.13. The van der Waals surface area contributed by atoms with Crippen molar-refractivity contribution in [2.45, 2.75) is 20.8 Å². The number of rotatable bonds is 3. The molecule has 0 fully saturated rings. The molecule has 1 rings (SSSR count). The summed E-state index contributed by atoms with van der Waals surface area (Å²) in [7, 11) is 1.89. The third-order valence-corrected chi connectivity index (χ3v) is 1.63. The molecule has 0 aliphatic heterocycles. The molecule has 0 unspecified atom stereocenters. The molecule has 0 bridgehead atoms. The Labute approximate surface area is 92.6 Å². The van der Waals surface area contributed by atoms with Gasteiger partial charge in [-0.15, -0.1) is 0 Å². The van der Waals surface area contributed by atoms with Crippen molar-refractivity contribution in [1.82, 2.24) is 9.78 Å². The summed E-state index contributed by atoms with van der Waals surface area (Å²) in [6.07, 6.45) is 5.66. The summed E-state index contributed by atoms with van der Waals surface area (Å²) in [6, 6.07) is 1.95. The lowest BCUT2D eigenvalue weighted by molar-refractivity contribution is 0.763. The lowest BCUT2D eigenvalue weighted by atomic mass is 10.1. The number of aromatic nitrogens is 2. The van der Waals surface area contributed by atoms with E-state index in [2.05, 4.69) is 18.3 Å². The summed E-state index contributed by atoms with van der Waals surface area (Å²) < 4.78 is 1.77. The maximum atomic E-state index is 4.27. The van der Waals surface area contributed by atoms with Gasteiger partial charge in [0, 0.05) is 18.8 Å². The van der Waals surface area contributed by atoms with E-state index >= 15 is 0 Å². The van der Waals surface area contributed by atoms with E-state index < -0.39 is 0 Å². The number of nitrogens with zero attached hydrogens (tertiary/aromatic N) is 2. The monoisotopic (exact) mass is 204 g/mol. The molecule has 0 N–H and O–H groups in total. The van der Waals surface area contributed by atoms with Crippen LogP contribution in [0.3, 0.4) is 0 Å². The molecule has 0 atom stereocenters. The summed E-state index contributed by atoms with van der Waals surface area (Å²) in [5, 5.41) is 4.27. The minimum absolute atomic E-state index is 0.931. The highest BCUT2D eigenvalue weighted by atomic mass is 15.2. The summed E-state index contributed by atoms with van der Waals surface area (Å²) in [5.74, 6) is 0. The molecule has 2 heteroatoms. The summed E-state index contributed by atoms with van der Waals surface area (Å²) >= 11 is 0. The zero-order valence-corrected chi connectivity index (χ0v) is 10.1. The van der Waals surface area contributed by atoms with E-state index in [1.807, 2.05) is 46.2 Å². The molecule has 0 amide bonds. The average Bonchev–Trinajstić information content (AvgIpc) is 2.64. The molecule has 0 spiro atoms. The summed E-state index contributed by atoms with van der Waals surface area (Å²) in [5.41, 5.74) is 2.94. The van der Waals surface area contributed by atoms with Gasteiger partial charge >= 0.3 is 0 Å². The maximum Gasteiger partial charge on any atom is 0.0922 e. The fourth-order valence-electron chi connectivity index (χ4n) is 1.07. The lowest BCUT2D eigenvalue weighted by Gasteiger charge is -1.96. The van der Waals surface area contributed by atoms with Crippen LogP contribution in [0, 0.1) is 0 Å². The molecule has 82 valence electrons. The van der Waals surface area contributed by atoms with Crippen molar-refractivity contribution in [3.8, 4) is 0 Å². The number of allylic oxidation sites excluding steroid dienone is 4. The highest BCUT2D eigenvalue weighted by molar-refractivity contribution is 5.72. The van der Waals surface area contributed by atoms with Gasteiger partial charge in [0.25, 0.3) is 0 Å². The van der Waals surface area contributed by atoms with Crippen LogP contribution in [0.4, 0.5) is 0 Å². The Morgan fingerprint density at radius 1 is 1.47 bits per heavy atom. The van der Waals surface area contributed by atoms with Gasteiger partial charge in [-0.25, -0.2) is 0 Å². The molecule has 15 heavy (non-hydrogen) atoms. The van der Waals surface area contributed by atoms with Crippen molar-refractivity contribution >= 4 is 5.57 Å². The van der Waals surface area contributed by atoms with Gasteiger partial charge in [-0.05, 0) is 13.0 Å². The second-order valence-corrected chi connectivity index (χ2v) is 3.02. The third-order valence-electron chi connectivity index (χ3n) is 1.63. The van der Waals surface area contributed by atoms with E-state index in [9.17, 15) is 0 Å². The van der Waals surface area contributed by atoms with Gasteiger partial charge in [-0.1, -0.05) is 44.7 Å². The van der Waals surface area contributed by atoms with Crippen molar-refractivity contribution in [2.24, 2.45) is 7.05 Å². The van der Waals surface area contributed by atoms with E-state index in [1.165, 1.54) is 0 Å². The molecule has 2 nitrogen and oxygen atoms in total. The Morgan fingerprint density at radius 3 is 2.40 bits per heavy atom. The molecule has 0 aromatic carbocycles. The van der Waals surface area contributed by atoms with E-state index in [1.54, 1.807) is 10.8 Å². The molecule has 1 aromatic heterocycles. The number of aryl methyl sites for hydroxylation is 1. The Kier molecular flexibility index (Phi) is 6.11. The predicted octanol–water partition coefficient (Wildman–Crippen LogP) is 3.59. The quantitative estimate of drug-likeness (QED) is 0.688. The van der Waals surface area contributed by atoms with E-state index in [0.717, 1.165) is 16.8 Å². The Morgan fingerprint density at radius 2 is 2.07 bits per heavy atom. The van der Waals surface area contributed by atoms with Crippen LogP contribution >= 0.6 is 0 Å². The predicted molar refractivity (Wildman–Crippen MR) is 67.5 cm³/mol. The van der Waals surface area contributed by atoms with Crippen LogP contribution in [-0.2, 0) is 7.05 Å². The minimum Gasteiger partial charge on any atom is -0.275 e. The average molecular weight is 204 g/mol. The van der Waals surface area contributed by atoms with Gasteiger partial charge in [-0.3, -0.25) is 4.68 Å². The van der Waals surface area contributed by atoms with Crippen LogP contribution in [0.2, 0.25) is 0 Å². The number of hydrogen-bond acceptors (Lipinski definition) is 1. The lowest BCUT2D eigenvalue weighted by Crippen LogP contribution is -1.89. The standard InChI is InChI=1S/C11H14N2.C2H6/c1-5-10(8-9(2)3)11-6-7-13(4)12-11;1-2/h5-8H,1-2H2,3-4H3;1-2H3/b10-8+;. The zero-order chi connectivity index (χ0) is 11.8.